The normalized spacial score (nSPS) is 12.2. The highest BCUT2D eigenvalue weighted by Crippen LogP contribution is 2.48. The minimum absolute atomic E-state index is 0.733. The van der Waals surface area contributed by atoms with Crippen LogP contribution in [0.1, 0.15) is 17.4 Å². The van der Waals surface area contributed by atoms with Gasteiger partial charge in [-0.25, -0.2) is 9.97 Å². The van der Waals surface area contributed by atoms with E-state index in [1.165, 1.54) is 78.7 Å². The molecule has 3 nitrogen and oxygen atoms in total. The van der Waals surface area contributed by atoms with Crippen molar-refractivity contribution >= 4 is 119 Å². The fraction of sp³-hybridized carbons (Fsp3) is 0.0189. The van der Waals surface area contributed by atoms with E-state index >= 15 is 0 Å². The number of hydrogen-bond donors (Lipinski definition) is 0. The van der Waals surface area contributed by atoms with Gasteiger partial charge < -0.3 is 4.57 Å². The second-order valence-corrected chi connectivity index (χ2v) is 17.0. The van der Waals surface area contributed by atoms with Crippen LogP contribution in [0.15, 0.2) is 164 Å². The summed E-state index contributed by atoms with van der Waals surface area (Å²) < 4.78 is 6.25. The average Bonchev–Trinajstić information content (AvgIpc) is 3.95. The lowest BCUT2D eigenvalue weighted by Crippen LogP contribution is -1.96. The number of nitrogens with zero attached hydrogens (tertiary/aromatic N) is 3. The maximum Gasteiger partial charge on any atom is 0.160 e. The van der Waals surface area contributed by atoms with Gasteiger partial charge in [-0.2, -0.15) is 0 Å². The van der Waals surface area contributed by atoms with Crippen molar-refractivity contribution in [3.8, 4) is 28.3 Å². The van der Waals surface area contributed by atoms with Crippen LogP contribution in [0.2, 0.25) is 0 Å². The van der Waals surface area contributed by atoms with E-state index in [-0.39, 0.29) is 0 Å². The molecule has 0 saturated carbocycles. The fourth-order valence-corrected chi connectivity index (χ4v) is 11.5. The van der Waals surface area contributed by atoms with Gasteiger partial charge >= 0.3 is 0 Å². The molecule has 0 aliphatic rings. The van der Waals surface area contributed by atoms with E-state index < -0.39 is 0 Å². The number of allylic oxidation sites excluding steroid dienone is 1. The summed E-state index contributed by atoms with van der Waals surface area (Å²) in [7, 11) is 0. The van der Waals surface area contributed by atoms with E-state index in [2.05, 4.69) is 182 Å². The highest BCUT2D eigenvalue weighted by Gasteiger charge is 2.23. The van der Waals surface area contributed by atoms with Crippen molar-refractivity contribution in [3.63, 3.8) is 0 Å². The van der Waals surface area contributed by atoms with Crippen LogP contribution in [0.5, 0.6) is 0 Å². The van der Waals surface area contributed by atoms with Crippen molar-refractivity contribution in [2.45, 2.75) is 6.92 Å². The summed E-state index contributed by atoms with van der Waals surface area (Å²) in [6.45, 7) is 6.33. The van der Waals surface area contributed by atoms with Gasteiger partial charge in [0.15, 0.2) is 5.82 Å². The van der Waals surface area contributed by atoms with Crippen molar-refractivity contribution in [3.05, 3.63) is 175 Å². The Hall–Kier alpha value is -6.92. The second-order valence-electron chi connectivity index (χ2n) is 14.8. The number of benzene rings is 8. The fourth-order valence-electron chi connectivity index (χ4n) is 9.15. The minimum atomic E-state index is 0.733. The van der Waals surface area contributed by atoms with E-state index in [4.69, 9.17) is 9.97 Å². The number of fused-ring (bicyclic) bond motifs is 14. The van der Waals surface area contributed by atoms with Crippen molar-refractivity contribution in [1.29, 1.82) is 0 Å². The molecule has 0 atom stereocenters. The monoisotopic (exact) mass is 775 g/mol. The Balaban J connectivity index is 1.09. The van der Waals surface area contributed by atoms with E-state index in [0.717, 1.165) is 44.6 Å². The molecule has 0 aliphatic carbocycles. The summed E-state index contributed by atoms with van der Waals surface area (Å²) in [6.07, 6.45) is 6.39. The molecule has 0 bridgehead atoms. The third-order valence-corrected chi connectivity index (χ3v) is 14.0. The molecule has 0 saturated heterocycles. The molecule has 0 amide bonds. The molecule has 0 aliphatic heterocycles. The van der Waals surface area contributed by atoms with Crippen LogP contribution >= 0.6 is 22.7 Å². The van der Waals surface area contributed by atoms with Gasteiger partial charge in [0, 0.05) is 74.4 Å². The van der Waals surface area contributed by atoms with Gasteiger partial charge in [-0.1, -0.05) is 140 Å². The van der Waals surface area contributed by atoms with Crippen LogP contribution in [-0.4, -0.2) is 14.5 Å². The van der Waals surface area contributed by atoms with E-state index in [1.54, 1.807) is 0 Å². The summed E-state index contributed by atoms with van der Waals surface area (Å²) in [5, 5.41) is 12.2. The van der Waals surface area contributed by atoms with Crippen molar-refractivity contribution < 1.29 is 0 Å². The zero-order chi connectivity index (χ0) is 38.5. The smallest absolute Gasteiger partial charge is 0.160 e. The number of thiophene rings is 2. The zero-order valence-corrected chi connectivity index (χ0v) is 33.2. The van der Waals surface area contributed by atoms with Crippen LogP contribution < -0.4 is 0 Å². The predicted octanol–water partition coefficient (Wildman–Crippen LogP) is 15.6. The SMILES string of the molecule is C=Cc1sc2c(c1/C=C\C)c1ccccc1c1c3ccccc3n(-c3ccc4sc5cc(-c6nc(-c7ccccc7)c7ccc8ccccc8c7n6)ccc5c4c3)c21. The first-order valence-electron chi connectivity index (χ1n) is 19.6. The summed E-state index contributed by atoms with van der Waals surface area (Å²) in [4.78, 5) is 11.7. The molecule has 12 aromatic rings. The number of hydrogen-bond acceptors (Lipinski definition) is 4. The largest absolute Gasteiger partial charge is 0.308 e. The van der Waals surface area contributed by atoms with Gasteiger partial charge in [-0.15, -0.1) is 22.7 Å². The first-order valence-corrected chi connectivity index (χ1v) is 21.2. The molecule has 0 N–H and O–H groups in total. The van der Waals surface area contributed by atoms with Crippen LogP contribution in [-0.2, 0) is 0 Å². The Labute approximate surface area is 342 Å². The van der Waals surface area contributed by atoms with E-state index in [9.17, 15) is 0 Å². The Morgan fingerprint density at radius 1 is 0.569 bits per heavy atom. The maximum absolute atomic E-state index is 5.28. The summed E-state index contributed by atoms with van der Waals surface area (Å²) in [5.74, 6) is 0.733. The highest BCUT2D eigenvalue weighted by molar-refractivity contribution is 7.25. The quantitative estimate of drug-likeness (QED) is 0.163. The van der Waals surface area contributed by atoms with Crippen molar-refractivity contribution in [2.75, 3.05) is 0 Å². The molecule has 12 rings (SSSR count). The van der Waals surface area contributed by atoms with Crippen LogP contribution in [0.4, 0.5) is 0 Å². The molecule has 0 unspecified atom stereocenters. The lowest BCUT2D eigenvalue weighted by molar-refractivity contribution is 1.20. The molecular formula is C53H33N3S2. The molecule has 4 aromatic heterocycles. The summed E-state index contributed by atoms with van der Waals surface area (Å²) >= 11 is 3.67. The highest BCUT2D eigenvalue weighted by atomic mass is 32.1. The topological polar surface area (TPSA) is 30.7 Å². The van der Waals surface area contributed by atoms with E-state index in [1.807, 2.05) is 28.7 Å². The Bertz CT molecular complexity index is 3710. The lowest BCUT2D eigenvalue weighted by atomic mass is 9.97. The molecule has 5 heteroatoms. The van der Waals surface area contributed by atoms with Gasteiger partial charge in [0.05, 0.1) is 26.9 Å². The van der Waals surface area contributed by atoms with Crippen LogP contribution in [0.25, 0.3) is 125 Å². The second kappa shape index (κ2) is 12.8. The molecule has 272 valence electrons. The van der Waals surface area contributed by atoms with Gasteiger partial charge in [-0.3, -0.25) is 0 Å². The third-order valence-electron chi connectivity index (χ3n) is 11.7. The average molecular weight is 776 g/mol. The standard InChI is InChI=1S/C53H33N3S2/c1-3-14-40-44(4-2)58-52-48(40)38-20-11-10-19-37(38)47-39-21-12-13-22-43(39)56(51(47)52)34-25-28-45-42(30-34)36-26-24-33(29-46(36)57-45)53-54-49(32-16-6-5-7-17-32)41-27-23-31-15-8-9-18-35(31)50(41)55-53/h3-30H,2H2,1H3/b14-3-. The van der Waals surface area contributed by atoms with Gasteiger partial charge in [-0.05, 0) is 59.5 Å². The lowest BCUT2D eigenvalue weighted by Gasteiger charge is -2.12. The van der Waals surface area contributed by atoms with Crippen LogP contribution in [0.3, 0.4) is 0 Å². The molecule has 0 fully saturated rings. The molecule has 4 heterocycles. The van der Waals surface area contributed by atoms with Gasteiger partial charge in [0.1, 0.15) is 0 Å². The Morgan fingerprint density at radius 2 is 1.31 bits per heavy atom. The summed E-state index contributed by atoms with van der Waals surface area (Å²) in [5.41, 5.74) is 8.85. The number of aromatic nitrogens is 3. The minimum Gasteiger partial charge on any atom is -0.308 e. The molecule has 58 heavy (non-hydrogen) atoms. The first kappa shape index (κ1) is 33.2. The zero-order valence-electron chi connectivity index (χ0n) is 31.5. The molecule has 0 radical (unpaired) electrons. The molecule has 0 spiro atoms. The number of rotatable bonds is 5. The Morgan fingerprint density at radius 3 is 2.14 bits per heavy atom. The Kier molecular flexibility index (Phi) is 7.34. The van der Waals surface area contributed by atoms with E-state index in [0.29, 0.717) is 0 Å². The first-order chi connectivity index (χ1) is 28.7. The molecule has 8 aromatic carbocycles. The van der Waals surface area contributed by atoms with Crippen molar-refractivity contribution in [2.24, 2.45) is 0 Å². The predicted molar refractivity (Wildman–Crippen MR) is 253 cm³/mol. The van der Waals surface area contributed by atoms with Gasteiger partial charge in [0.25, 0.3) is 0 Å². The maximum atomic E-state index is 5.28. The van der Waals surface area contributed by atoms with Gasteiger partial charge in [0.2, 0.25) is 0 Å². The third kappa shape index (κ3) is 4.78. The van der Waals surface area contributed by atoms with Crippen molar-refractivity contribution in [1.82, 2.24) is 14.5 Å². The van der Waals surface area contributed by atoms with Crippen LogP contribution in [0, 0.1) is 0 Å². The molecular weight excluding hydrogens is 743 g/mol. The summed E-state index contributed by atoms with van der Waals surface area (Å²) in [6, 6.07) is 54.8. The number of para-hydroxylation sites is 1.